The molecule has 3 fully saturated rings. The van der Waals surface area contributed by atoms with Gasteiger partial charge in [-0.1, -0.05) is 32.9 Å². The van der Waals surface area contributed by atoms with Crippen molar-refractivity contribution in [1.82, 2.24) is 10.6 Å². The third-order valence-corrected chi connectivity index (χ3v) is 7.28. The first-order chi connectivity index (χ1) is 10.9. The van der Waals surface area contributed by atoms with Crippen LogP contribution in [-0.2, 0) is 0 Å². The lowest BCUT2D eigenvalue weighted by Gasteiger charge is -2.40. The van der Waals surface area contributed by atoms with Gasteiger partial charge in [-0.2, -0.15) is 0 Å². The van der Waals surface area contributed by atoms with Gasteiger partial charge in [-0.05, 0) is 85.7 Å². The molecule has 0 amide bonds. The summed E-state index contributed by atoms with van der Waals surface area (Å²) in [5.41, 5.74) is 0.444. The van der Waals surface area contributed by atoms with Gasteiger partial charge in [0.1, 0.15) is 0 Å². The Morgan fingerprint density at radius 2 is 1.91 bits per heavy atom. The Balaban J connectivity index is 1.32. The van der Waals surface area contributed by atoms with E-state index < -0.39 is 0 Å². The van der Waals surface area contributed by atoms with Crippen molar-refractivity contribution in [2.45, 2.75) is 71.4 Å². The molecule has 3 heteroatoms. The Morgan fingerprint density at radius 1 is 1.09 bits per heavy atom. The van der Waals surface area contributed by atoms with Gasteiger partial charge in [0, 0.05) is 12.1 Å². The van der Waals surface area contributed by atoms with Crippen LogP contribution in [0.15, 0.2) is 12.2 Å². The second-order valence-electron chi connectivity index (χ2n) is 9.63. The molecule has 4 rings (SSSR count). The molecule has 2 bridgehead atoms. The Hall–Kier alpha value is -0.570. The average Bonchev–Trinajstić information content (AvgIpc) is 3.06. The molecule has 2 N–H and O–H groups in total. The highest BCUT2D eigenvalue weighted by Crippen LogP contribution is 2.56. The van der Waals surface area contributed by atoms with Crippen LogP contribution in [0.1, 0.15) is 59.3 Å². The lowest BCUT2D eigenvalue weighted by atomic mass is 9.71. The molecule has 0 spiro atoms. The quantitative estimate of drug-likeness (QED) is 0.583. The summed E-state index contributed by atoms with van der Waals surface area (Å²) in [6.07, 6.45) is 12.8. The molecule has 0 aliphatic heterocycles. The minimum Gasteiger partial charge on any atom is -0.360 e. The first-order valence-electron chi connectivity index (χ1n) is 9.65. The van der Waals surface area contributed by atoms with Crippen molar-refractivity contribution >= 4 is 17.3 Å². The summed E-state index contributed by atoms with van der Waals surface area (Å²) in [6, 6.07) is 1.16. The number of allylic oxidation sites excluding steroid dienone is 2. The largest absolute Gasteiger partial charge is 0.360 e. The van der Waals surface area contributed by atoms with Gasteiger partial charge in [0.05, 0.1) is 0 Å². The van der Waals surface area contributed by atoms with E-state index in [9.17, 15) is 0 Å². The summed E-state index contributed by atoms with van der Waals surface area (Å²) in [6.45, 7) is 7.18. The van der Waals surface area contributed by atoms with E-state index in [1.807, 2.05) is 0 Å². The molecule has 4 aliphatic rings. The number of thiocarbonyl (C=S) groups is 1. The molecular weight excluding hydrogens is 300 g/mol. The Bertz CT molecular complexity index is 512. The predicted molar refractivity (Wildman–Crippen MR) is 100 cm³/mol. The van der Waals surface area contributed by atoms with Crippen molar-refractivity contribution in [2.24, 2.45) is 35.0 Å². The fraction of sp³-hybridized carbons (Fsp3) is 0.850. The van der Waals surface area contributed by atoms with Crippen LogP contribution >= 0.6 is 12.2 Å². The number of rotatable bonds is 2. The van der Waals surface area contributed by atoms with Crippen LogP contribution in [0.25, 0.3) is 0 Å². The molecular formula is C20H32N2S. The van der Waals surface area contributed by atoms with Gasteiger partial charge in [-0.15, -0.1) is 0 Å². The van der Waals surface area contributed by atoms with E-state index in [2.05, 4.69) is 43.6 Å². The number of hydrogen-bond acceptors (Lipinski definition) is 1. The molecule has 4 aliphatic carbocycles. The van der Waals surface area contributed by atoms with E-state index in [0.29, 0.717) is 17.5 Å². The maximum atomic E-state index is 5.68. The molecule has 0 heterocycles. The predicted octanol–water partition coefficient (Wildman–Crippen LogP) is 4.27. The molecule has 0 aromatic carbocycles. The van der Waals surface area contributed by atoms with E-state index in [1.165, 1.54) is 38.5 Å². The van der Waals surface area contributed by atoms with Crippen LogP contribution in [-0.4, -0.2) is 17.2 Å². The van der Waals surface area contributed by atoms with E-state index in [-0.39, 0.29) is 0 Å². The monoisotopic (exact) mass is 332 g/mol. The highest BCUT2D eigenvalue weighted by atomic mass is 32.1. The molecule has 0 unspecified atom stereocenters. The van der Waals surface area contributed by atoms with E-state index >= 15 is 0 Å². The van der Waals surface area contributed by atoms with Crippen LogP contribution in [0.5, 0.6) is 0 Å². The molecule has 7 atom stereocenters. The summed E-state index contributed by atoms with van der Waals surface area (Å²) < 4.78 is 0. The number of fused-ring (bicyclic) bond motifs is 5. The average molecular weight is 333 g/mol. The van der Waals surface area contributed by atoms with Crippen LogP contribution < -0.4 is 10.6 Å². The Morgan fingerprint density at radius 3 is 2.70 bits per heavy atom. The van der Waals surface area contributed by atoms with Crippen molar-refractivity contribution < 1.29 is 0 Å². The van der Waals surface area contributed by atoms with Crippen LogP contribution in [0.3, 0.4) is 0 Å². The van der Waals surface area contributed by atoms with Gasteiger partial charge in [0.25, 0.3) is 0 Å². The van der Waals surface area contributed by atoms with Crippen LogP contribution in [0.4, 0.5) is 0 Å². The van der Waals surface area contributed by atoms with Gasteiger partial charge < -0.3 is 10.6 Å². The van der Waals surface area contributed by atoms with E-state index in [4.69, 9.17) is 12.2 Å². The van der Waals surface area contributed by atoms with E-state index in [0.717, 1.165) is 34.7 Å². The zero-order valence-electron chi connectivity index (χ0n) is 14.8. The van der Waals surface area contributed by atoms with Gasteiger partial charge in [0.15, 0.2) is 5.11 Å². The smallest absolute Gasteiger partial charge is 0.166 e. The second-order valence-corrected chi connectivity index (χ2v) is 10.0. The lowest BCUT2D eigenvalue weighted by Crippen LogP contribution is -2.51. The fourth-order valence-electron chi connectivity index (χ4n) is 6.56. The minimum absolute atomic E-state index is 0.444. The van der Waals surface area contributed by atoms with Crippen LogP contribution in [0, 0.1) is 35.0 Å². The molecule has 0 aromatic rings. The third-order valence-electron chi connectivity index (χ3n) is 7.05. The highest BCUT2D eigenvalue weighted by molar-refractivity contribution is 7.80. The molecule has 0 saturated heterocycles. The normalized spacial score (nSPS) is 46.7. The SMILES string of the molecule is C[C@@H]1C[C@@H](NC(=S)N[C@@H]2C[C@@H]3C[C@@H]2[C@@H]2C=CC[C@@H]32)CC(C)(C)C1. The summed E-state index contributed by atoms with van der Waals surface area (Å²) in [5.74, 6) is 4.35. The first kappa shape index (κ1) is 15.9. The summed E-state index contributed by atoms with van der Waals surface area (Å²) in [5, 5.41) is 8.27. The zero-order valence-corrected chi connectivity index (χ0v) is 15.7. The highest BCUT2D eigenvalue weighted by Gasteiger charge is 2.52. The molecule has 0 aromatic heterocycles. The fourth-order valence-corrected chi connectivity index (χ4v) is 6.88. The van der Waals surface area contributed by atoms with Gasteiger partial charge in [-0.25, -0.2) is 0 Å². The first-order valence-corrected chi connectivity index (χ1v) is 10.1. The molecule has 128 valence electrons. The Kier molecular flexibility index (Phi) is 3.98. The lowest BCUT2D eigenvalue weighted by molar-refractivity contribution is 0.161. The molecule has 2 nitrogen and oxygen atoms in total. The summed E-state index contributed by atoms with van der Waals surface area (Å²) in [4.78, 5) is 0. The number of hydrogen-bond donors (Lipinski definition) is 2. The standard InChI is InChI=1S/C20H32N2S/c1-12-7-14(11-20(2,3)10-12)21-19(23)22-18-9-13-8-17(18)16-6-4-5-15(13)16/h4,6,12-18H,5,7-11H2,1-3H3,(H2,21,22,23)/t12-,13+,14-,15+,16-,17-,18-/m1/s1. The van der Waals surface area contributed by atoms with Gasteiger partial charge in [-0.3, -0.25) is 0 Å². The zero-order chi connectivity index (χ0) is 16.2. The minimum atomic E-state index is 0.444. The van der Waals surface area contributed by atoms with Crippen molar-refractivity contribution in [3.63, 3.8) is 0 Å². The topological polar surface area (TPSA) is 24.1 Å². The van der Waals surface area contributed by atoms with Gasteiger partial charge >= 0.3 is 0 Å². The molecule has 23 heavy (non-hydrogen) atoms. The summed E-state index contributed by atoms with van der Waals surface area (Å²) >= 11 is 5.68. The van der Waals surface area contributed by atoms with Crippen LogP contribution in [0.2, 0.25) is 0 Å². The second kappa shape index (κ2) is 5.75. The summed E-state index contributed by atoms with van der Waals surface area (Å²) in [7, 11) is 0. The van der Waals surface area contributed by atoms with Crippen molar-refractivity contribution in [2.75, 3.05) is 0 Å². The maximum absolute atomic E-state index is 5.68. The van der Waals surface area contributed by atoms with E-state index in [1.54, 1.807) is 0 Å². The van der Waals surface area contributed by atoms with Crippen molar-refractivity contribution in [1.29, 1.82) is 0 Å². The maximum Gasteiger partial charge on any atom is 0.166 e. The van der Waals surface area contributed by atoms with Crippen molar-refractivity contribution in [3.8, 4) is 0 Å². The number of nitrogens with one attached hydrogen (secondary N) is 2. The Labute approximate surface area is 146 Å². The molecule has 0 radical (unpaired) electrons. The third kappa shape index (κ3) is 3.06. The van der Waals surface area contributed by atoms with Crippen molar-refractivity contribution in [3.05, 3.63) is 12.2 Å². The molecule has 3 saturated carbocycles. The van der Waals surface area contributed by atoms with Gasteiger partial charge in [0.2, 0.25) is 0 Å².